The Morgan fingerprint density at radius 1 is 1.33 bits per heavy atom. The number of aryl methyl sites for hydroxylation is 1. The number of H-pyrrole nitrogens is 1. The molecule has 3 aromatic rings. The molecule has 5 rings (SSSR count). The van der Waals surface area contributed by atoms with Gasteiger partial charge in [0.05, 0.1) is 34.0 Å². The van der Waals surface area contributed by atoms with Crippen LogP contribution in [0.2, 0.25) is 5.02 Å². The number of piperazine rings is 1. The molecule has 0 amide bonds. The Hall–Kier alpha value is -2.90. The Balaban J connectivity index is 1.79. The third kappa shape index (κ3) is 2.80. The van der Waals surface area contributed by atoms with Gasteiger partial charge in [-0.2, -0.15) is 5.10 Å². The van der Waals surface area contributed by atoms with Crippen LogP contribution in [0.3, 0.4) is 0 Å². The summed E-state index contributed by atoms with van der Waals surface area (Å²) >= 11 is 7.01. The van der Waals surface area contributed by atoms with Gasteiger partial charge in [-0.05, 0) is 36.9 Å². The number of nitrogens with zero attached hydrogens (tertiary/aromatic N) is 4. The van der Waals surface area contributed by atoms with Crippen molar-refractivity contribution < 1.29 is 4.74 Å². The first kappa shape index (κ1) is 19.1. The largest absolute Gasteiger partial charge is 0.489 e. The predicted octanol–water partition coefficient (Wildman–Crippen LogP) is 3.57. The van der Waals surface area contributed by atoms with Gasteiger partial charge in [-0.25, -0.2) is 0 Å². The molecule has 3 heterocycles. The number of amidine groups is 1. The van der Waals surface area contributed by atoms with E-state index in [-0.39, 0.29) is 6.04 Å². The normalized spacial score (nSPS) is 19.9. The third-order valence-corrected chi connectivity index (χ3v) is 6.33. The van der Waals surface area contributed by atoms with Crippen molar-refractivity contribution in [2.45, 2.75) is 13.0 Å². The molecule has 2 N–H and O–H groups in total. The fraction of sp³-hybridized carbons (Fsp3) is 0.318. The summed E-state index contributed by atoms with van der Waals surface area (Å²) in [5.74, 6) is 1.47. The molecule has 2 aliphatic rings. The zero-order valence-electron chi connectivity index (χ0n) is 17.0. The highest BCUT2D eigenvalue weighted by Crippen LogP contribution is 2.47. The van der Waals surface area contributed by atoms with Crippen LogP contribution < -0.4 is 10.1 Å². The summed E-state index contributed by atoms with van der Waals surface area (Å²) in [4.78, 5) is 11.3. The number of halogens is 1. The lowest BCUT2D eigenvalue weighted by Crippen LogP contribution is -2.55. The molecule has 30 heavy (non-hydrogen) atoms. The van der Waals surface area contributed by atoms with Crippen LogP contribution in [0, 0.1) is 6.92 Å². The highest BCUT2D eigenvalue weighted by Gasteiger charge is 2.35. The molecule has 2 aliphatic heterocycles. The third-order valence-electron chi connectivity index (χ3n) is 5.95. The lowest BCUT2D eigenvalue weighted by atomic mass is 9.94. The number of nitrogens with one attached hydrogen (secondary N) is 2. The average Bonchev–Trinajstić information content (AvgIpc) is 3.17. The molecule has 1 aromatic heterocycles. The number of ether oxygens (including phenoxy) is 1. The van der Waals surface area contributed by atoms with Crippen molar-refractivity contribution in [1.82, 2.24) is 20.4 Å². The molecule has 0 bridgehead atoms. The SMILES string of the molecule is C=Nc1cc(-c2c(C)ccc3[nH]ncc23)c(Cl)c2c1/C(=N\C)N1CCNC[C@@H]1CO2. The Bertz CT molecular complexity index is 1180. The molecule has 1 saturated heterocycles. The monoisotopic (exact) mass is 422 g/mol. The van der Waals surface area contributed by atoms with Crippen LogP contribution in [-0.4, -0.2) is 67.0 Å². The van der Waals surface area contributed by atoms with Crippen LogP contribution in [0.5, 0.6) is 5.75 Å². The second kappa shape index (κ2) is 7.41. The van der Waals surface area contributed by atoms with Gasteiger partial charge in [-0.1, -0.05) is 17.7 Å². The minimum absolute atomic E-state index is 0.182. The molecule has 0 unspecified atom stereocenters. The Morgan fingerprint density at radius 3 is 3.00 bits per heavy atom. The Labute approximate surface area is 179 Å². The van der Waals surface area contributed by atoms with E-state index >= 15 is 0 Å². The molecule has 7 nitrogen and oxygen atoms in total. The highest BCUT2D eigenvalue weighted by atomic mass is 35.5. The summed E-state index contributed by atoms with van der Waals surface area (Å²) in [5.41, 5.74) is 5.44. The molecule has 1 atom stereocenters. The number of aromatic amines is 1. The summed E-state index contributed by atoms with van der Waals surface area (Å²) in [6.45, 7) is 9.00. The lowest BCUT2D eigenvalue weighted by Gasteiger charge is -2.36. The number of rotatable bonds is 2. The van der Waals surface area contributed by atoms with Gasteiger partial charge in [0.1, 0.15) is 12.4 Å². The molecule has 0 spiro atoms. The maximum absolute atomic E-state index is 7.01. The Morgan fingerprint density at radius 2 is 2.20 bits per heavy atom. The molecule has 1 fully saturated rings. The number of hydrogen-bond acceptors (Lipinski definition) is 5. The fourth-order valence-corrected chi connectivity index (χ4v) is 4.81. The second-order valence-corrected chi connectivity index (χ2v) is 8.00. The number of benzene rings is 2. The van der Waals surface area contributed by atoms with Crippen LogP contribution in [0.1, 0.15) is 11.1 Å². The maximum atomic E-state index is 7.01. The van der Waals surface area contributed by atoms with Crippen LogP contribution in [0.15, 0.2) is 34.4 Å². The van der Waals surface area contributed by atoms with Crippen LogP contribution in [0.4, 0.5) is 5.69 Å². The number of fused-ring (bicyclic) bond motifs is 3. The van der Waals surface area contributed by atoms with Gasteiger partial charge in [-0.15, -0.1) is 0 Å². The first-order valence-corrected chi connectivity index (χ1v) is 10.4. The van der Waals surface area contributed by atoms with Crippen LogP contribution in [-0.2, 0) is 0 Å². The van der Waals surface area contributed by atoms with E-state index in [1.807, 2.05) is 18.3 Å². The maximum Gasteiger partial charge on any atom is 0.151 e. The van der Waals surface area contributed by atoms with Gasteiger partial charge in [-0.3, -0.25) is 15.1 Å². The van der Waals surface area contributed by atoms with Crippen molar-refractivity contribution in [3.8, 4) is 16.9 Å². The van der Waals surface area contributed by atoms with E-state index in [2.05, 4.69) is 50.1 Å². The van der Waals surface area contributed by atoms with E-state index in [0.29, 0.717) is 23.1 Å². The first-order valence-electron chi connectivity index (χ1n) is 9.97. The first-order chi connectivity index (χ1) is 14.6. The molecule has 8 heteroatoms. The highest BCUT2D eigenvalue weighted by molar-refractivity contribution is 6.36. The summed E-state index contributed by atoms with van der Waals surface area (Å²) in [5, 5.41) is 12.2. The van der Waals surface area contributed by atoms with Gasteiger partial charge >= 0.3 is 0 Å². The molecular formula is C22H23ClN6O. The second-order valence-electron chi connectivity index (χ2n) is 7.62. The van der Waals surface area contributed by atoms with Gasteiger partial charge in [0.25, 0.3) is 0 Å². The van der Waals surface area contributed by atoms with E-state index in [1.165, 1.54) is 0 Å². The molecule has 2 aromatic carbocycles. The summed E-state index contributed by atoms with van der Waals surface area (Å²) in [6, 6.07) is 6.25. The average molecular weight is 423 g/mol. The van der Waals surface area contributed by atoms with Crippen LogP contribution in [0.25, 0.3) is 22.0 Å². The summed E-state index contributed by atoms with van der Waals surface area (Å²) in [6.07, 6.45) is 1.83. The Kier molecular flexibility index (Phi) is 4.72. The lowest BCUT2D eigenvalue weighted by molar-refractivity contribution is 0.180. The molecule has 154 valence electrons. The van der Waals surface area contributed by atoms with E-state index in [0.717, 1.165) is 58.6 Å². The molecular weight excluding hydrogens is 400 g/mol. The summed E-state index contributed by atoms with van der Waals surface area (Å²) in [7, 11) is 1.80. The smallest absolute Gasteiger partial charge is 0.151 e. The number of aliphatic imine (C=N–C) groups is 2. The molecule has 0 saturated carbocycles. The van der Waals surface area contributed by atoms with Gasteiger partial charge in [0.15, 0.2) is 5.75 Å². The van der Waals surface area contributed by atoms with E-state index in [9.17, 15) is 0 Å². The number of hydrogen-bond donors (Lipinski definition) is 2. The van der Waals surface area contributed by atoms with E-state index < -0.39 is 0 Å². The van der Waals surface area contributed by atoms with Crippen molar-refractivity contribution in [1.29, 1.82) is 0 Å². The standard InChI is InChI=1S/C22H23ClN6O/c1-12-4-5-16-15(10-27-28-16)18(12)14-8-17(24-2)19-21(20(14)23)30-11-13-9-26-6-7-29(13)22(19)25-3/h4-5,8,10,13,26H,2,6-7,9,11H2,1,3H3,(H,27,28)/b25-22+/t13-/m1/s1. The van der Waals surface area contributed by atoms with Crippen molar-refractivity contribution in [3.63, 3.8) is 0 Å². The van der Waals surface area contributed by atoms with Gasteiger partial charge in [0, 0.05) is 37.6 Å². The predicted molar refractivity (Wildman–Crippen MR) is 122 cm³/mol. The van der Waals surface area contributed by atoms with Crippen molar-refractivity contribution >= 4 is 40.7 Å². The minimum atomic E-state index is 0.182. The fourth-order valence-electron chi connectivity index (χ4n) is 4.51. The van der Waals surface area contributed by atoms with E-state index in [1.54, 1.807) is 7.05 Å². The summed E-state index contributed by atoms with van der Waals surface area (Å²) < 4.78 is 6.31. The van der Waals surface area contributed by atoms with Crippen molar-refractivity contribution in [2.75, 3.05) is 33.3 Å². The van der Waals surface area contributed by atoms with Gasteiger partial charge in [0.2, 0.25) is 0 Å². The topological polar surface area (TPSA) is 77.9 Å². The minimum Gasteiger partial charge on any atom is -0.489 e. The van der Waals surface area contributed by atoms with Gasteiger partial charge < -0.3 is 15.0 Å². The van der Waals surface area contributed by atoms with E-state index in [4.69, 9.17) is 16.3 Å². The van der Waals surface area contributed by atoms with Crippen LogP contribution >= 0.6 is 11.6 Å². The molecule has 0 radical (unpaired) electrons. The zero-order valence-corrected chi connectivity index (χ0v) is 17.8. The van der Waals surface area contributed by atoms with Crippen molar-refractivity contribution in [3.05, 3.63) is 40.5 Å². The zero-order chi connectivity index (χ0) is 20.8. The quantitative estimate of drug-likeness (QED) is 0.619. The van der Waals surface area contributed by atoms with Crippen molar-refractivity contribution in [2.24, 2.45) is 9.98 Å². The number of aromatic nitrogens is 2. The molecule has 0 aliphatic carbocycles.